The Kier molecular flexibility index (Phi) is 6.61. The molecule has 0 radical (unpaired) electrons. The molecular weight excluding hydrogens is 400 g/mol. The normalized spacial score (nSPS) is 30.1. The topological polar surface area (TPSA) is 39.3 Å². The Morgan fingerprint density at radius 2 is 1.59 bits per heavy atom. The molecule has 2 amide bonds. The second-order valence-corrected chi connectivity index (χ2v) is 10.5. The average molecular weight is 441 g/mol. The van der Waals surface area contributed by atoms with Gasteiger partial charge in [-0.3, -0.25) is 9.80 Å². The molecule has 0 aromatic heterocycles. The van der Waals surface area contributed by atoms with Crippen LogP contribution in [0.15, 0.2) is 24.3 Å². The lowest BCUT2D eigenvalue weighted by Crippen LogP contribution is -2.47. The number of ether oxygens (including phenoxy) is 1. The number of likely N-dealkylation sites (tertiary alicyclic amines) is 1. The van der Waals surface area contributed by atoms with Crippen molar-refractivity contribution in [1.29, 1.82) is 0 Å². The number of amides is 2. The minimum absolute atomic E-state index is 0.184. The molecule has 1 aromatic carbocycles. The molecule has 0 bridgehead atoms. The lowest BCUT2D eigenvalue weighted by molar-refractivity contribution is 0.106. The van der Waals surface area contributed by atoms with Gasteiger partial charge in [0.15, 0.2) is 0 Å². The van der Waals surface area contributed by atoms with Gasteiger partial charge in [0.25, 0.3) is 0 Å². The largest absolute Gasteiger partial charge is 0.490 e. The molecule has 2 heterocycles. The van der Waals surface area contributed by atoms with Crippen molar-refractivity contribution in [3.8, 4) is 5.75 Å². The summed E-state index contributed by atoms with van der Waals surface area (Å²) in [7, 11) is 4.54. The van der Waals surface area contributed by atoms with Gasteiger partial charge in [-0.05, 0) is 103 Å². The molecule has 4 aliphatic rings. The summed E-state index contributed by atoms with van der Waals surface area (Å²) in [5, 5.41) is 0. The van der Waals surface area contributed by atoms with Crippen molar-refractivity contribution in [1.82, 2.24) is 14.7 Å². The van der Waals surface area contributed by atoms with Crippen molar-refractivity contribution < 1.29 is 9.53 Å². The fourth-order valence-corrected chi connectivity index (χ4v) is 6.36. The maximum absolute atomic E-state index is 13.2. The minimum Gasteiger partial charge on any atom is -0.490 e. The van der Waals surface area contributed by atoms with E-state index < -0.39 is 0 Å². The van der Waals surface area contributed by atoms with E-state index in [9.17, 15) is 4.79 Å². The molecule has 6 heteroatoms. The Hall–Kier alpha value is -1.79. The van der Waals surface area contributed by atoms with Crippen LogP contribution in [0.2, 0.25) is 0 Å². The highest BCUT2D eigenvalue weighted by atomic mass is 16.5. The number of carbonyl (C=O) groups excluding carboxylic acids is 1. The molecule has 2 aliphatic carbocycles. The molecule has 5 rings (SSSR count). The van der Waals surface area contributed by atoms with Gasteiger partial charge in [-0.15, -0.1) is 0 Å². The van der Waals surface area contributed by atoms with Crippen LogP contribution in [-0.2, 0) is 0 Å². The van der Waals surface area contributed by atoms with Gasteiger partial charge in [0.05, 0.1) is 6.10 Å². The Morgan fingerprint density at radius 3 is 2.25 bits per heavy atom. The van der Waals surface area contributed by atoms with Gasteiger partial charge in [0.2, 0.25) is 0 Å². The molecular formula is C26H40N4O2. The Bertz CT molecular complexity index is 771. The summed E-state index contributed by atoms with van der Waals surface area (Å²) in [5.74, 6) is 0.931. The molecule has 0 N–H and O–H groups in total. The molecule has 176 valence electrons. The third-order valence-electron chi connectivity index (χ3n) is 8.42. The van der Waals surface area contributed by atoms with Gasteiger partial charge in [0.1, 0.15) is 5.75 Å². The van der Waals surface area contributed by atoms with E-state index in [2.05, 4.69) is 40.9 Å². The van der Waals surface area contributed by atoms with Crippen LogP contribution in [0.4, 0.5) is 10.5 Å². The maximum atomic E-state index is 13.2. The number of likely N-dealkylation sites (N-methyl/N-ethyl adjacent to an activating group) is 2. The zero-order chi connectivity index (χ0) is 22.1. The van der Waals surface area contributed by atoms with E-state index in [-0.39, 0.29) is 6.03 Å². The molecule has 4 fully saturated rings. The third kappa shape index (κ3) is 4.62. The zero-order valence-electron chi connectivity index (χ0n) is 19.9. The predicted molar refractivity (Wildman–Crippen MR) is 128 cm³/mol. The number of nitrogens with zero attached hydrogens (tertiary/aromatic N) is 4. The summed E-state index contributed by atoms with van der Waals surface area (Å²) in [4.78, 5) is 22.4. The van der Waals surface area contributed by atoms with Crippen molar-refractivity contribution in [3.63, 3.8) is 0 Å². The van der Waals surface area contributed by atoms with Gasteiger partial charge < -0.3 is 14.5 Å². The highest BCUT2D eigenvalue weighted by Gasteiger charge is 2.38. The number of urea groups is 1. The molecule has 1 atom stereocenters. The number of carbonyl (C=O) groups is 1. The summed E-state index contributed by atoms with van der Waals surface area (Å²) >= 11 is 0. The molecule has 2 saturated heterocycles. The van der Waals surface area contributed by atoms with Gasteiger partial charge in [0, 0.05) is 43.4 Å². The summed E-state index contributed by atoms with van der Waals surface area (Å²) in [6.07, 6.45) is 11.2. The number of rotatable bonds is 6. The highest BCUT2D eigenvalue weighted by molar-refractivity contribution is 5.94. The van der Waals surface area contributed by atoms with E-state index in [1.54, 1.807) is 0 Å². The zero-order valence-corrected chi connectivity index (χ0v) is 19.9. The standard InChI is InChI=1S/C26H40N4O2/c1-27-16-15-23(19-27)28(2)20-7-9-21(10-8-20)29-17-18-30(26(29)31)22-11-13-25(14-12-22)32-24-5-3-4-6-24/h11-14,20-21,23-24H,3-10,15-19H2,1-2H3. The van der Waals surface area contributed by atoms with E-state index >= 15 is 0 Å². The van der Waals surface area contributed by atoms with Crippen molar-refractivity contribution in [2.45, 2.75) is 82.0 Å². The summed E-state index contributed by atoms with van der Waals surface area (Å²) in [5.41, 5.74) is 0.995. The Balaban J connectivity index is 1.13. The van der Waals surface area contributed by atoms with Gasteiger partial charge >= 0.3 is 6.03 Å². The minimum atomic E-state index is 0.184. The molecule has 1 unspecified atom stereocenters. The quantitative estimate of drug-likeness (QED) is 0.665. The van der Waals surface area contributed by atoms with Crippen LogP contribution in [0.1, 0.15) is 57.8 Å². The molecule has 2 saturated carbocycles. The number of hydrogen-bond acceptors (Lipinski definition) is 4. The first-order valence-electron chi connectivity index (χ1n) is 12.8. The number of anilines is 1. The van der Waals surface area contributed by atoms with Crippen molar-refractivity contribution >= 4 is 11.7 Å². The summed E-state index contributed by atoms with van der Waals surface area (Å²) in [6.45, 7) is 4.05. The van der Waals surface area contributed by atoms with E-state index in [0.717, 1.165) is 50.2 Å². The first-order chi connectivity index (χ1) is 15.6. The second-order valence-electron chi connectivity index (χ2n) is 10.5. The summed E-state index contributed by atoms with van der Waals surface area (Å²) < 4.78 is 6.09. The Labute approximate surface area is 193 Å². The van der Waals surface area contributed by atoms with Crippen LogP contribution in [0.3, 0.4) is 0 Å². The lowest BCUT2D eigenvalue weighted by atomic mass is 9.89. The fraction of sp³-hybridized carbons (Fsp3) is 0.731. The van der Waals surface area contributed by atoms with Crippen LogP contribution in [0.5, 0.6) is 5.75 Å². The first-order valence-corrected chi connectivity index (χ1v) is 12.8. The van der Waals surface area contributed by atoms with E-state index in [1.165, 1.54) is 45.2 Å². The smallest absolute Gasteiger partial charge is 0.324 e. The van der Waals surface area contributed by atoms with E-state index in [0.29, 0.717) is 24.2 Å². The maximum Gasteiger partial charge on any atom is 0.324 e. The molecule has 1 aromatic rings. The van der Waals surface area contributed by atoms with Gasteiger partial charge in [-0.2, -0.15) is 0 Å². The van der Waals surface area contributed by atoms with Crippen LogP contribution in [0.25, 0.3) is 0 Å². The lowest BCUT2D eigenvalue weighted by Gasteiger charge is -2.40. The third-order valence-corrected chi connectivity index (χ3v) is 8.42. The summed E-state index contributed by atoms with van der Waals surface area (Å²) in [6, 6.07) is 10.1. The van der Waals surface area contributed by atoms with Crippen LogP contribution >= 0.6 is 0 Å². The van der Waals surface area contributed by atoms with Gasteiger partial charge in [-0.25, -0.2) is 4.79 Å². The van der Waals surface area contributed by atoms with E-state index in [1.807, 2.05) is 17.0 Å². The van der Waals surface area contributed by atoms with E-state index in [4.69, 9.17) is 4.74 Å². The SMILES string of the molecule is CN1CCC(N(C)C2CCC(N3CCN(c4ccc(OC5CCCC5)cc4)C3=O)CC2)C1. The molecule has 6 nitrogen and oxygen atoms in total. The monoisotopic (exact) mass is 440 g/mol. The molecule has 32 heavy (non-hydrogen) atoms. The van der Waals surface area contributed by atoms with Gasteiger partial charge in [-0.1, -0.05) is 0 Å². The van der Waals surface area contributed by atoms with Crippen molar-refractivity contribution in [2.24, 2.45) is 0 Å². The number of hydrogen-bond donors (Lipinski definition) is 0. The van der Waals surface area contributed by atoms with Crippen LogP contribution in [-0.4, -0.2) is 85.2 Å². The Morgan fingerprint density at radius 1 is 0.875 bits per heavy atom. The molecule has 2 aliphatic heterocycles. The highest BCUT2D eigenvalue weighted by Crippen LogP contribution is 2.32. The predicted octanol–water partition coefficient (Wildman–Crippen LogP) is 4.20. The fourth-order valence-electron chi connectivity index (χ4n) is 6.36. The second kappa shape index (κ2) is 9.60. The number of benzene rings is 1. The molecule has 0 spiro atoms. The average Bonchev–Trinajstić information content (AvgIpc) is 3.56. The van der Waals surface area contributed by atoms with Crippen LogP contribution in [0, 0.1) is 0 Å². The first kappa shape index (κ1) is 22.0. The van der Waals surface area contributed by atoms with Crippen molar-refractivity contribution in [2.75, 3.05) is 45.2 Å². The van der Waals surface area contributed by atoms with Crippen LogP contribution < -0.4 is 9.64 Å². The van der Waals surface area contributed by atoms with Crippen molar-refractivity contribution in [3.05, 3.63) is 24.3 Å².